The Bertz CT molecular complexity index is 509. The molecule has 0 atom stereocenters. The van der Waals surface area contributed by atoms with Gasteiger partial charge in [0.15, 0.2) is 0 Å². The smallest absolute Gasteiger partial charge is 0.225 e. The quantitative estimate of drug-likeness (QED) is 0.873. The number of nitrogens with one attached hydrogen (secondary N) is 1. The van der Waals surface area contributed by atoms with Crippen LogP contribution in [0, 0.1) is 0 Å². The Balaban J connectivity index is 2.38. The number of carbonyl (C=O) groups excluding carboxylic acids is 1. The van der Waals surface area contributed by atoms with E-state index in [1.165, 1.54) is 0 Å². The van der Waals surface area contributed by atoms with Crippen molar-refractivity contribution in [2.24, 2.45) is 0 Å². The summed E-state index contributed by atoms with van der Waals surface area (Å²) >= 11 is 0. The van der Waals surface area contributed by atoms with Crippen LogP contribution in [0.25, 0.3) is 11.1 Å². The van der Waals surface area contributed by atoms with Gasteiger partial charge in [-0.05, 0) is 17.7 Å². The third-order valence-electron chi connectivity index (χ3n) is 2.47. The molecule has 0 saturated carbocycles. The number of carbonyl (C=O) groups is 1. The molecule has 0 saturated heterocycles. The SMILES string of the molecule is CCC(=O)Nc1ncccc1-c1ccccc1. The van der Waals surface area contributed by atoms with E-state index in [-0.39, 0.29) is 5.91 Å². The van der Waals surface area contributed by atoms with Crippen LogP contribution in [0.4, 0.5) is 5.82 Å². The fourth-order valence-corrected chi connectivity index (χ4v) is 1.58. The molecular weight excluding hydrogens is 212 g/mol. The highest BCUT2D eigenvalue weighted by molar-refractivity contribution is 5.93. The molecule has 0 fully saturated rings. The first kappa shape index (κ1) is 11.3. The predicted molar refractivity (Wildman–Crippen MR) is 68.6 cm³/mol. The van der Waals surface area contributed by atoms with Crippen LogP contribution in [0.3, 0.4) is 0 Å². The highest BCUT2D eigenvalue weighted by Crippen LogP contribution is 2.25. The van der Waals surface area contributed by atoms with E-state index < -0.39 is 0 Å². The normalized spacial score (nSPS) is 9.94. The van der Waals surface area contributed by atoms with Gasteiger partial charge in [0.25, 0.3) is 0 Å². The van der Waals surface area contributed by atoms with Gasteiger partial charge in [0, 0.05) is 18.2 Å². The molecule has 1 heterocycles. The molecule has 0 aliphatic heterocycles. The molecule has 3 nitrogen and oxygen atoms in total. The molecule has 1 amide bonds. The summed E-state index contributed by atoms with van der Waals surface area (Å²) in [6, 6.07) is 13.7. The monoisotopic (exact) mass is 226 g/mol. The average molecular weight is 226 g/mol. The van der Waals surface area contributed by atoms with E-state index in [0.29, 0.717) is 12.2 Å². The number of nitrogens with zero attached hydrogens (tertiary/aromatic N) is 1. The minimum atomic E-state index is -0.0270. The summed E-state index contributed by atoms with van der Waals surface area (Å²) in [5.41, 5.74) is 1.99. The van der Waals surface area contributed by atoms with Crippen LogP contribution >= 0.6 is 0 Å². The summed E-state index contributed by atoms with van der Waals surface area (Å²) in [5.74, 6) is 0.589. The summed E-state index contributed by atoms with van der Waals surface area (Å²) < 4.78 is 0. The van der Waals surface area contributed by atoms with E-state index in [2.05, 4.69) is 10.3 Å². The van der Waals surface area contributed by atoms with E-state index >= 15 is 0 Å². The second-order valence-electron chi connectivity index (χ2n) is 3.67. The molecule has 0 aliphatic rings. The molecule has 0 aliphatic carbocycles. The van der Waals surface area contributed by atoms with Gasteiger partial charge in [-0.2, -0.15) is 0 Å². The Morgan fingerprint density at radius 1 is 1.18 bits per heavy atom. The largest absolute Gasteiger partial charge is 0.310 e. The van der Waals surface area contributed by atoms with Crippen LogP contribution < -0.4 is 5.32 Å². The van der Waals surface area contributed by atoms with E-state index in [0.717, 1.165) is 11.1 Å². The molecule has 86 valence electrons. The average Bonchev–Trinajstić information content (AvgIpc) is 2.40. The van der Waals surface area contributed by atoms with Gasteiger partial charge < -0.3 is 5.32 Å². The summed E-state index contributed by atoms with van der Waals surface area (Å²) in [6.45, 7) is 1.82. The second kappa shape index (κ2) is 5.25. The molecule has 0 spiro atoms. The van der Waals surface area contributed by atoms with Gasteiger partial charge in [-0.15, -0.1) is 0 Å². The van der Waals surface area contributed by atoms with Gasteiger partial charge in [0.1, 0.15) is 5.82 Å². The number of hydrogen-bond donors (Lipinski definition) is 1. The summed E-state index contributed by atoms with van der Waals surface area (Å²) in [4.78, 5) is 15.6. The molecule has 3 heteroatoms. The van der Waals surface area contributed by atoms with E-state index in [1.54, 1.807) is 6.20 Å². The van der Waals surface area contributed by atoms with Crippen molar-refractivity contribution in [3.63, 3.8) is 0 Å². The lowest BCUT2D eigenvalue weighted by molar-refractivity contribution is -0.115. The molecule has 17 heavy (non-hydrogen) atoms. The Morgan fingerprint density at radius 2 is 1.94 bits per heavy atom. The van der Waals surface area contributed by atoms with Crippen molar-refractivity contribution in [2.45, 2.75) is 13.3 Å². The van der Waals surface area contributed by atoms with Crippen LogP contribution in [-0.4, -0.2) is 10.9 Å². The Kier molecular flexibility index (Phi) is 3.50. The van der Waals surface area contributed by atoms with E-state index in [4.69, 9.17) is 0 Å². The minimum Gasteiger partial charge on any atom is -0.310 e. The molecule has 1 aromatic carbocycles. The molecule has 2 aromatic rings. The van der Waals surface area contributed by atoms with Gasteiger partial charge >= 0.3 is 0 Å². The first-order valence-electron chi connectivity index (χ1n) is 5.61. The zero-order valence-corrected chi connectivity index (χ0v) is 9.68. The van der Waals surface area contributed by atoms with Crippen LogP contribution in [-0.2, 0) is 4.79 Å². The molecule has 0 radical (unpaired) electrons. The van der Waals surface area contributed by atoms with Gasteiger partial charge in [0.2, 0.25) is 5.91 Å². The highest BCUT2D eigenvalue weighted by Gasteiger charge is 2.07. The van der Waals surface area contributed by atoms with Crippen LogP contribution in [0.15, 0.2) is 48.7 Å². The van der Waals surface area contributed by atoms with Crippen molar-refractivity contribution in [3.8, 4) is 11.1 Å². The number of hydrogen-bond acceptors (Lipinski definition) is 2. The fourth-order valence-electron chi connectivity index (χ4n) is 1.58. The standard InChI is InChI=1S/C14H14N2O/c1-2-13(17)16-14-12(9-6-10-15-14)11-7-4-3-5-8-11/h3-10H,2H2,1H3,(H,15,16,17). The zero-order valence-electron chi connectivity index (χ0n) is 9.68. The second-order valence-corrected chi connectivity index (χ2v) is 3.67. The third kappa shape index (κ3) is 2.69. The Morgan fingerprint density at radius 3 is 2.65 bits per heavy atom. The van der Waals surface area contributed by atoms with Gasteiger partial charge in [0.05, 0.1) is 0 Å². The summed E-state index contributed by atoms with van der Waals surface area (Å²) in [5, 5.41) is 2.81. The Hall–Kier alpha value is -2.16. The van der Waals surface area contributed by atoms with E-state index in [1.807, 2.05) is 49.4 Å². The van der Waals surface area contributed by atoms with Crippen molar-refractivity contribution < 1.29 is 4.79 Å². The number of benzene rings is 1. The number of anilines is 1. The zero-order chi connectivity index (χ0) is 12.1. The number of aromatic nitrogens is 1. The maximum absolute atomic E-state index is 11.4. The number of amides is 1. The maximum atomic E-state index is 11.4. The summed E-state index contributed by atoms with van der Waals surface area (Å²) in [7, 11) is 0. The predicted octanol–water partition coefficient (Wildman–Crippen LogP) is 3.10. The molecule has 1 N–H and O–H groups in total. The summed E-state index contributed by atoms with van der Waals surface area (Å²) in [6.07, 6.45) is 2.13. The third-order valence-corrected chi connectivity index (χ3v) is 2.47. The first-order valence-corrected chi connectivity index (χ1v) is 5.61. The molecule has 1 aromatic heterocycles. The van der Waals surface area contributed by atoms with Crippen molar-refractivity contribution in [1.29, 1.82) is 0 Å². The van der Waals surface area contributed by atoms with Crippen LogP contribution in [0.1, 0.15) is 13.3 Å². The minimum absolute atomic E-state index is 0.0270. The lowest BCUT2D eigenvalue weighted by atomic mass is 10.1. The van der Waals surface area contributed by atoms with E-state index in [9.17, 15) is 4.79 Å². The van der Waals surface area contributed by atoms with Crippen LogP contribution in [0.2, 0.25) is 0 Å². The van der Waals surface area contributed by atoms with Gasteiger partial charge in [-0.25, -0.2) is 4.98 Å². The van der Waals surface area contributed by atoms with Gasteiger partial charge in [-0.3, -0.25) is 4.79 Å². The molecule has 2 rings (SSSR count). The maximum Gasteiger partial charge on any atom is 0.225 e. The first-order chi connectivity index (χ1) is 8.31. The topological polar surface area (TPSA) is 42.0 Å². The highest BCUT2D eigenvalue weighted by atomic mass is 16.1. The fraction of sp³-hybridized carbons (Fsp3) is 0.143. The van der Waals surface area contributed by atoms with Crippen molar-refractivity contribution in [3.05, 3.63) is 48.7 Å². The molecule has 0 unspecified atom stereocenters. The van der Waals surface area contributed by atoms with Crippen molar-refractivity contribution in [1.82, 2.24) is 4.98 Å². The van der Waals surface area contributed by atoms with Crippen molar-refractivity contribution in [2.75, 3.05) is 5.32 Å². The molecular formula is C14H14N2O. The number of pyridine rings is 1. The molecule has 0 bridgehead atoms. The van der Waals surface area contributed by atoms with Gasteiger partial charge in [-0.1, -0.05) is 37.3 Å². The Labute approximate surface area is 101 Å². The number of rotatable bonds is 3. The van der Waals surface area contributed by atoms with Crippen LogP contribution in [0.5, 0.6) is 0 Å². The van der Waals surface area contributed by atoms with Crippen molar-refractivity contribution >= 4 is 11.7 Å². The lowest BCUT2D eigenvalue weighted by Gasteiger charge is -2.09. The lowest BCUT2D eigenvalue weighted by Crippen LogP contribution is -2.11.